The highest BCUT2D eigenvalue weighted by Crippen LogP contribution is 2.21. The van der Waals surface area contributed by atoms with Gasteiger partial charge in [-0.2, -0.15) is 0 Å². The third-order valence-electron chi connectivity index (χ3n) is 2.19. The van der Waals surface area contributed by atoms with E-state index in [1.54, 1.807) is 14.0 Å². The molecule has 15 heavy (non-hydrogen) atoms. The lowest BCUT2D eigenvalue weighted by Gasteiger charge is -2.05. The molecule has 2 aromatic rings. The van der Waals surface area contributed by atoms with Crippen molar-refractivity contribution in [1.29, 1.82) is 0 Å². The second kappa shape index (κ2) is 3.47. The number of pyridine rings is 1. The molecule has 0 aliphatic rings. The van der Waals surface area contributed by atoms with Gasteiger partial charge in [-0.25, -0.2) is 9.97 Å². The Morgan fingerprint density at radius 1 is 1.33 bits per heavy atom. The van der Waals surface area contributed by atoms with E-state index in [0.717, 1.165) is 0 Å². The minimum atomic E-state index is -0.216. The first kappa shape index (κ1) is 10.4. The van der Waals surface area contributed by atoms with E-state index in [4.69, 9.17) is 23.2 Å². The quantitative estimate of drug-likeness (QED) is 0.665. The van der Waals surface area contributed by atoms with E-state index in [-0.39, 0.29) is 21.4 Å². The Balaban J connectivity index is 3.06. The Kier molecular flexibility index (Phi) is 2.40. The molecule has 0 N–H and O–H groups in total. The van der Waals surface area contributed by atoms with Gasteiger partial charge in [0.15, 0.2) is 5.65 Å². The van der Waals surface area contributed by atoms with E-state index < -0.39 is 0 Å². The topological polar surface area (TPSA) is 47.8 Å². The van der Waals surface area contributed by atoms with E-state index in [1.165, 1.54) is 10.6 Å². The number of nitrogens with zero attached hydrogens (tertiary/aromatic N) is 3. The Bertz CT molecular complexity index is 606. The normalized spacial score (nSPS) is 10.9. The molecule has 0 aromatic carbocycles. The zero-order valence-electron chi connectivity index (χ0n) is 8.08. The molecule has 6 heteroatoms. The molecule has 2 heterocycles. The average Bonchev–Trinajstić information content (AvgIpc) is 2.13. The molecule has 2 rings (SSSR count). The van der Waals surface area contributed by atoms with Gasteiger partial charge in [-0.3, -0.25) is 9.36 Å². The molecule has 0 aliphatic heterocycles. The van der Waals surface area contributed by atoms with Crippen LogP contribution in [0.5, 0.6) is 0 Å². The van der Waals surface area contributed by atoms with Crippen LogP contribution in [-0.4, -0.2) is 14.5 Å². The van der Waals surface area contributed by atoms with Crippen molar-refractivity contribution in [1.82, 2.24) is 14.5 Å². The van der Waals surface area contributed by atoms with Gasteiger partial charge in [0, 0.05) is 7.05 Å². The van der Waals surface area contributed by atoms with Crippen LogP contribution < -0.4 is 5.56 Å². The summed E-state index contributed by atoms with van der Waals surface area (Å²) in [7, 11) is 1.63. The lowest BCUT2D eigenvalue weighted by atomic mass is 10.3. The van der Waals surface area contributed by atoms with Crippen LogP contribution >= 0.6 is 23.2 Å². The Morgan fingerprint density at radius 3 is 2.67 bits per heavy atom. The van der Waals surface area contributed by atoms with Crippen LogP contribution in [0.1, 0.15) is 5.82 Å². The number of fused-ring (bicyclic) bond motifs is 1. The first-order valence-corrected chi connectivity index (χ1v) is 4.95. The lowest BCUT2D eigenvalue weighted by Crippen LogP contribution is -2.21. The number of aromatic nitrogens is 3. The van der Waals surface area contributed by atoms with Crippen LogP contribution in [-0.2, 0) is 7.05 Å². The van der Waals surface area contributed by atoms with Crippen LogP contribution in [0.2, 0.25) is 10.2 Å². The molecular formula is C9H7Cl2N3O. The molecule has 0 aliphatic carbocycles. The number of hydrogen-bond acceptors (Lipinski definition) is 3. The third kappa shape index (κ3) is 1.60. The second-order valence-electron chi connectivity index (χ2n) is 3.15. The average molecular weight is 244 g/mol. The van der Waals surface area contributed by atoms with E-state index in [9.17, 15) is 4.79 Å². The molecule has 0 amide bonds. The van der Waals surface area contributed by atoms with E-state index >= 15 is 0 Å². The van der Waals surface area contributed by atoms with Crippen molar-refractivity contribution in [3.8, 4) is 0 Å². The van der Waals surface area contributed by atoms with Gasteiger partial charge < -0.3 is 0 Å². The predicted octanol–water partition coefficient (Wildman–Crippen LogP) is 1.94. The van der Waals surface area contributed by atoms with Gasteiger partial charge in [0.1, 0.15) is 16.4 Å². The molecule has 0 unspecified atom stereocenters. The summed E-state index contributed by atoms with van der Waals surface area (Å²) in [5, 5.41) is 0.805. The largest absolute Gasteiger partial charge is 0.299 e. The lowest BCUT2D eigenvalue weighted by molar-refractivity contribution is 0.789. The van der Waals surface area contributed by atoms with Crippen molar-refractivity contribution < 1.29 is 0 Å². The Morgan fingerprint density at radius 2 is 2.00 bits per heavy atom. The van der Waals surface area contributed by atoms with Gasteiger partial charge >= 0.3 is 0 Å². The van der Waals surface area contributed by atoms with E-state index in [0.29, 0.717) is 11.2 Å². The molecule has 2 aromatic heterocycles. The van der Waals surface area contributed by atoms with Crippen LogP contribution in [0, 0.1) is 6.92 Å². The van der Waals surface area contributed by atoms with Gasteiger partial charge in [-0.05, 0) is 13.0 Å². The van der Waals surface area contributed by atoms with Crippen LogP contribution in [0.4, 0.5) is 0 Å². The van der Waals surface area contributed by atoms with Gasteiger partial charge in [0.2, 0.25) is 0 Å². The molecule has 0 saturated carbocycles. The van der Waals surface area contributed by atoms with Gasteiger partial charge in [-0.1, -0.05) is 23.2 Å². The highest BCUT2D eigenvalue weighted by molar-refractivity contribution is 6.37. The minimum Gasteiger partial charge on any atom is -0.299 e. The number of aryl methyl sites for hydroxylation is 1. The SMILES string of the molecule is Cc1nc2nc(Cl)cc(Cl)c2c(=O)n1C. The summed E-state index contributed by atoms with van der Waals surface area (Å²) in [6, 6.07) is 1.43. The Labute approximate surface area is 95.5 Å². The van der Waals surface area contributed by atoms with Gasteiger partial charge in [0.05, 0.1) is 5.02 Å². The highest BCUT2D eigenvalue weighted by atomic mass is 35.5. The maximum absolute atomic E-state index is 11.8. The van der Waals surface area contributed by atoms with E-state index in [2.05, 4.69) is 9.97 Å². The minimum absolute atomic E-state index is 0.216. The van der Waals surface area contributed by atoms with Gasteiger partial charge in [0.25, 0.3) is 5.56 Å². The van der Waals surface area contributed by atoms with Crippen molar-refractivity contribution >= 4 is 34.2 Å². The van der Waals surface area contributed by atoms with Crippen molar-refractivity contribution in [2.75, 3.05) is 0 Å². The van der Waals surface area contributed by atoms with E-state index in [1.807, 2.05) is 0 Å². The van der Waals surface area contributed by atoms with Crippen LogP contribution in [0.3, 0.4) is 0 Å². The summed E-state index contributed by atoms with van der Waals surface area (Å²) in [6.07, 6.45) is 0. The fraction of sp³-hybridized carbons (Fsp3) is 0.222. The smallest absolute Gasteiger partial charge is 0.264 e. The fourth-order valence-corrected chi connectivity index (χ4v) is 1.81. The van der Waals surface area contributed by atoms with Crippen molar-refractivity contribution in [3.63, 3.8) is 0 Å². The monoisotopic (exact) mass is 243 g/mol. The summed E-state index contributed by atoms with van der Waals surface area (Å²) < 4.78 is 1.42. The molecule has 0 atom stereocenters. The number of rotatable bonds is 0. The number of hydrogen-bond donors (Lipinski definition) is 0. The summed E-state index contributed by atoms with van der Waals surface area (Å²) in [5.41, 5.74) is 0.0692. The maximum atomic E-state index is 11.8. The summed E-state index contributed by atoms with van der Waals surface area (Å²) in [5.74, 6) is 0.568. The molecule has 4 nitrogen and oxygen atoms in total. The number of halogens is 2. The van der Waals surface area contributed by atoms with Crippen molar-refractivity contribution in [3.05, 3.63) is 32.4 Å². The summed E-state index contributed by atoms with van der Waals surface area (Å²) >= 11 is 11.6. The predicted molar refractivity (Wildman–Crippen MR) is 59.5 cm³/mol. The maximum Gasteiger partial charge on any atom is 0.264 e. The first-order chi connectivity index (χ1) is 7.00. The standard InChI is InChI=1S/C9H7Cl2N3O/c1-4-12-8-7(9(15)14(4)2)5(10)3-6(11)13-8/h3H,1-2H3. The third-order valence-corrected chi connectivity index (χ3v) is 2.68. The zero-order valence-corrected chi connectivity index (χ0v) is 9.60. The summed E-state index contributed by atoms with van der Waals surface area (Å²) in [6.45, 7) is 1.72. The molecular weight excluding hydrogens is 237 g/mol. The van der Waals surface area contributed by atoms with Gasteiger partial charge in [-0.15, -0.1) is 0 Å². The second-order valence-corrected chi connectivity index (χ2v) is 3.94. The molecule has 0 saturated heterocycles. The molecule has 0 spiro atoms. The Hall–Kier alpha value is -1.13. The zero-order chi connectivity index (χ0) is 11.2. The molecule has 0 bridgehead atoms. The first-order valence-electron chi connectivity index (χ1n) is 4.20. The van der Waals surface area contributed by atoms with Crippen molar-refractivity contribution in [2.24, 2.45) is 7.05 Å². The van der Waals surface area contributed by atoms with Crippen LogP contribution in [0.15, 0.2) is 10.9 Å². The molecule has 78 valence electrons. The fourth-order valence-electron chi connectivity index (χ4n) is 1.29. The highest BCUT2D eigenvalue weighted by Gasteiger charge is 2.11. The summed E-state index contributed by atoms with van der Waals surface area (Å²) in [4.78, 5) is 19.9. The van der Waals surface area contributed by atoms with Crippen molar-refractivity contribution in [2.45, 2.75) is 6.92 Å². The molecule has 0 radical (unpaired) electrons. The molecule has 0 fully saturated rings. The van der Waals surface area contributed by atoms with Crippen LogP contribution in [0.25, 0.3) is 11.0 Å².